The minimum Gasteiger partial charge on any atom is -0.457 e. The highest BCUT2D eigenvalue weighted by molar-refractivity contribution is 5.86. The first kappa shape index (κ1) is 21.0. The van der Waals surface area contributed by atoms with E-state index in [1.807, 2.05) is 13.8 Å². The van der Waals surface area contributed by atoms with Gasteiger partial charge in [-0.2, -0.15) is 0 Å². The second-order valence-corrected chi connectivity index (χ2v) is 7.83. The third-order valence-corrected chi connectivity index (χ3v) is 5.07. The molecular weight excluding hydrogens is 403 g/mol. The highest BCUT2D eigenvalue weighted by Gasteiger charge is 2.28. The van der Waals surface area contributed by atoms with E-state index in [0.717, 1.165) is 18.6 Å². The van der Waals surface area contributed by atoms with Gasteiger partial charge in [0.1, 0.15) is 12.1 Å². The Morgan fingerprint density at radius 2 is 1.97 bits per heavy atom. The Kier molecular flexibility index (Phi) is 6.03. The molecule has 31 heavy (non-hydrogen) atoms. The van der Waals surface area contributed by atoms with Crippen LogP contribution in [0.15, 0.2) is 47.8 Å². The van der Waals surface area contributed by atoms with Crippen molar-refractivity contribution in [2.45, 2.75) is 39.1 Å². The van der Waals surface area contributed by atoms with Crippen LogP contribution in [0.1, 0.15) is 32.3 Å². The standard InChI is InChI=1S/C22H25FN4O4/c1-22(2)29-13-18(31-22)14-30-26-17-6-8-27(9-7-17)21-24-10-16(11-25-21)19-5-3-4-15(12-28)20(19)23/h3-5,10-11,13,28H,6-9,12,14H2,1-2H3. The predicted molar refractivity (Wildman–Crippen MR) is 113 cm³/mol. The van der Waals surface area contributed by atoms with Gasteiger partial charge in [-0.1, -0.05) is 23.4 Å². The second kappa shape index (κ2) is 8.89. The molecule has 164 valence electrons. The van der Waals surface area contributed by atoms with Crippen LogP contribution in [0.5, 0.6) is 0 Å². The third kappa shape index (κ3) is 4.93. The highest BCUT2D eigenvalue weighted by atomic mass is 19.1. The van der Waals surface area contributed by atoms with Crippen molar-refractivity contribution in [1.82, 2.24) is 9.97 Å². The Hall–Kier alpha value is -3.20. The monoisotopic (exact) mass is 428 g/mol. The first-order valence-electron chi connectivity index (χ1n) is 10.1. The zero-order valence-electron chi connectivity index (χ0n) is 17.5. The van der Waals surface area contributed by atoms with Crippen molar-refractivity contribution in [1.29, 1.82) is 0 Å². The number of nitrogens with zero attached hydrogens (tertiary/aromatic N) is 4. The number of benzene rings is 1. The summed E-state index contributed by atoms with van der Waals surface area (Å²) in [4.78, 5) is 16.3. The van der Waals surface area contributed by atoms with Gasteiger partial charge in [-0.3, -0.25) is 0 Å². The molecule has 0 spiro atoms. The van der Waals surface area contributed by atoms with Crippen LogP contribution >= 0.6 is 0 Å². The van der Waals surface area contributed by atoms with Crippen LogP contribution < -0.4 is 4.90 Å². The summed E-state index contributed by atoms with van der Waals surface area (Å²) >= 11 is 0. The van der Waals surface area contributed by atoms with E-state index in [9.17, 15) is 9.50 Å². The van der Waals surface area contributed by atoms with E-state index in [4.69, 9.17) is 14.3 Å². The normalized spacial score (nSPS) is 17.6. The molecule has 1 aromatic carbocycles. The van der Waals surface area contributed by atoms with Crippen LogP contribution in [0.25, 0.3) is 11.1 Å². The lowest BCUT2D eigenvalue weighted by molar-refractivity contribution is -0.121. The molecule has 3 heterocycles. The lowest BCUT2D eigenvalue weighted by atomic mass is 10.1. The van der Waals surface area contributed by atoms with E-state index in [-0.39, 0.29) is 18.8 Å². The van der Waals surface area contributed by atoms with Gasteiger partial charge in [-0.15, -0.1) is 0 Å². The van der Waals surface area contributed by atoms with Gasteiger partial charge in [0.25, 0.3) is 0 Å². The van der Waals surface area contributed by atoms with E-state index in [1.54, 1.807) is 36.9 Å². The van der Waals surface area contributed by atoms with Crippen LogP contribution in [-0.4, -0.2) is 46.3 Å². The molecule has 0 unspecified atom stereocenters. The summed E-state index contributed by atoms with van der Waals surface area (Å²) in [5, 5.41) is 13.5. The summed E-state index contributed by atoms with van der Waals surface area (Å²) in [5.41, 5.74) is 2.16. The van der Waals surface area contributed by atoms with Gasteiger partial charge in [0.2, 0.25) is 11.7 Å². The number of aromatic nitrogens is 2. The zero-order chi connectivity index (χ0) is 21.8. The molecule has 2 aliphatic rings. The molecule has 0 saturated carbocycles. The number of halogens is 1. The number of anilines is 1. The number of hydrogen-bond donors (Lipinski definition) is 1. The average molecular weight is 428 g/mol. The topological polar surface area (TPSA) is 89.3 Å². The molecule has 2 aliphatic heterocycles. The van der Waals surface area contributed by atoms with Gasteiger partial charge in [-0.05, 0) is 0 Å². The van der Waals surface area contributed by atoms with E-state index in [0.29, 0.717) is 35.9 Å². The van der Waals surface area contributed by atoms with Crippen LogP contribution in [0.2, 0.25) is 0 Å². The lowest BCUT2D eigenvalue weighted by Crippen LogP contribution is -2.35. The van der Waals surface area contributed by atoms with Gasteiger partial charge in [-0.25, -0.2) is 14.4 Å². The summed E-state index contributed by atoms with van der Waals surface area (Å²) in [7, 11) is 0. The number of rotatable bonds is 6. The van der Waals surface area contributed by atoms with Crippen molar-refractivity contribution >= 4 is 11.7 Å². The fourth-order valence-electron chi connectivity index (χ4n) is 3.43. The summed E-state index contributed by atoms with van der Waals surface area (Å²) in [6, 6.07) is 4.90. The molecule has 0 radical (unpaired) electrons. The Morgan fingerprint density at radius 1 is 1.23 bits per heavy atom. The Bertz CT molecular complexity index is 982. The molecule has 0 aliphatic carbocycles. The number of ether oxygens (including phenoxy) is 2. The highest BCUT2D eigenvalue weighted by Crippen LogP contribution is 2.26. The van der Waals surface area contributed by atoms with Gasteiger partial charge in [0.05, 0.1) is 12.3 Å². The van der Waals surface area contributed by atoms with Crippen molar-refractivity contribution in [3.8, 4) is 11.1 Å². The minimum absolute atomic E-state index is 0.231. The zero-order valence-corrected chi connectivity index (χ0v) is 17.5. The molecule has 8 nitrogen and oxygen atoms in total. The number of piperidine rings is 1. The van der Waals surface area contributed by atoms with Crippen molar-refractivity contribution in [3.05, 3.63) is 54.0 Å². The van der Waals surface area contributed by atoms with E-state index in [1.165, 1.54) is 0 Å². The summed E-state index contributed by atoms with van der Waals surface area (Å²) in [6.45, 7) is 4.97. The molecule has 0 bridgehead atoms. The fraction of sp³-hybridized carbons (Fsp3) is 0.409. The fourth-order valence-corrected chi connectivity index (χ4v) is 3.43. The molecule has 2 aromatic rings. The molecule has 1 fully saturated rings. The molecule has 1 N–H and O–H groups in total. The predicted octanol–water partition coefficient (Wildman–Crippen LogP) is 3.37. The van der Waals surface area contributed by atoms with Crippen LogP contribution in [0, 0.1) is 5.82 Å². The van der Waals surface area contributed by atoms with E-state index in [2.05, 4.69) is 20.0 Å². The molecule has 1 saturated heterocycles. The molecular formula is C22H25FN4O4. The van der Waals surface area contributed by atoms with Crippen molar-refractivity contribution in [2.24, 2.45) is 5.16 Å². The quantitative estimate of drug-likeness (QED) is 0.706. The molecule has 1 aromatic heterocycles. The lowest BCUT2D eigenvalue weighted by Gasteiger charge is -2.27. The van der Waals surface area contributed by atoms with Gasteiger partial charge in [0, 0.05) is 68.9 Å². The number of aliphatic hydroxyl groups is 1. The smallest absolute Gasteiger partial charge is 0.244 e. The Morgan fingerprint density at radius 3 is 2.61 bits per heavy atom. The number of aliphatic hydroxyl groups excluding tert-OH is 1. The van der Waals surface area contributed by atoms with Crippen molar-refractivity contribution in [2.75, 3.05) is 24.6 Å². The Labute approximate surface area is 180 Å². The van der Waals surface area contributed by atoms with Crippen molar-refractivity contribution in [3.63, 3.8) is 0 Å². The summed E-state index contributed by atoms with van der Waals surface area (Å²) in [5.74, 6) is 0.0989. The van der Waals surface area contributed by atoms with E-state index >= 15 is 0 Å². The van der Waals surface area contributed by atoms with Gasteiger partial charge >= 0.3 is 0 Å². The average Bonchev–Trinajstić information content (AvgIpc) is 3.13. The maximum atomic E-state index is 14.4. The maximum absolute atomic E-state index is 14.4. The van der Waals surface area contributed by atoms with Crippen LogP contribution in [0.4, 0.5) is 10.3 Å². The SMILES string of the molecule is CC1(C)OC=C(CON=C2CCN(c3ncc(-c4cccc(CO)c4F)cn3)CC2)O1. The third-order valence-electron chi connectivity index (χ3n) is 5.07. The first-order valence-corrected chi connectivity index (χ1v) is 10.1. The largest absolute Gasteiger partial charge is 0.457 e. The molecule has 9 heteroatoms. The number of hydrogen-bond acceptors (Lipinski definition) is 8. The minimum atomic E-state index is -0.653. The van der Waals surface area contributed by atoms with Gasteiger partial charge in [0.15, 0.2) is 12.4 Å². The molecule has 4 rings (SSSR count). The summed E-state index contributed by atoms with van der Waals surface area (Å²) < 4.78 is 25.3. The Balaban J connectivity index is 1.31. The summed E-state index contributed by atoms with van der Waals surface area (Å²) in [6.07, 6.45) is 6.23. The van der Waals surface area contributed by atoms with Crippen molar-refractivity contribution < 1.29 is 23.8 Å². The maximum Gasteiger partial charge on any atom is 0.244 e. The second-order valence-electron chi connectivity index (χ2n) is 7.83. The van der Waals surface area contributed by atoms with E-state index < -0.39 is 11.6 Å². The number of oxime groups is 1. The van der Waals surface area contributed by atoms with Gasteiger partial charge < -0.3 is 24.3 Å². The molecule has 0 atom stereocenters. The first-order chi connectivity index (χ1) is 14.9. The van der Waals surface area contributed by atoms with Crippen LogP contribution in [0.3, 0.4) is 0 Å². The molecule has 0 amide bonds. The van der Waals surface area contributed by atoms with Crippen LogP contribution in [-0.2, 0) is 20.9 Å².